The summed E-state index contributed by atoms with van der Waals surface area (Å²) in [6.45, 7) is 8.82. The van der Waals surface area contributed by atoms with E-state index in [1.54, 1.807) is 0 Å². The topological polar surface area (TPSA) is 12.4 Å². The standard InChI is InChI=1S/C10H12.C8H9N.2CH3.Mo/c1-10(2,3)9-7-5-4-6-8-9;1-6-4-3-5-7(2)8(6)9;;;/h1,4-8H,2-3H3;3-5H,1-2H3;2*1H3;/q;;2*-1;+2. The Morgan fingerprint density at radius 2 is 1.41 bits per heavy atom. The molecule has 2 aromatic carbocycles. The predicted octanol–water partition coefficient (Wildman–Crippen LogP) is 5.88. The Balaban J connectivity index is 0.00000220. The van der Waals surface area contributed by atoms with Gasteiger partial charge in [-0.15, -0.1) is 0 Å². The zero-order chi connectivity index (χ0) is 14.6. The minimum atomic E-state index is -0.493. The molecule has 0 aliphatic heterocycles. The monoisotopic (exact) mass is 379 g/mol. The summed E-state index contributed by atoms with van der Waals surface area (Å²) in [4.78, 5) is 0. The molecule has 0 unspecified atom stereocenters. The van der Waals surface area contributed by atoms with E-state index in [-0.39, 0.29) is 20.3 Å². The minimum Gasteiger partial charge on any atom is -0.358 e. The quantitative estimate of drug-likeness (QED) is 0.468. The molecule has 0 amide bonds. The van der Waals surface area contributed by atoms with Crippen molar-refractivity contribution in [2.75, 3.05) is 0 Å². The molecule has 0 aliphatic rings. The summed E-state index contributed by atoms with van der Waals surface area (Å²) in [5, 5.41) is 0. The number of rotatable bonds is 3. The molecular weight excluding hydrogens is 350 g/mol. The van der Waals surface area contributed by atoms with Crippen molar-refractivity contribution in [2.45, 2.75) is 33.1 Å². The third kappa shape index (κ3) is 5.21. The molecule has 118 valence electrons. The Morgan fingerprint density at radius 1 is 0.864 bits per heavy atom. The molecule has 2 heteroatoms. The molecule has 0 radical (unpaired) electrons. The normalized spacial score (nSPS) is 9.82. The van der Waals surface area contributed by atoms with Gasteiger partial charge in [-0.3, -0.25) is 0 Å². The molecular formula is C20H27MoN. The van der Waals surface area contributed by atoms with Gasteiger partial charge >= 0.3 is 130 Å². The fraction of sp³-hybridized carbons (Fsp3) is 0.250. The summed E-state index contributed by atoms with van der Waals surface area (Å²) in [6, 6.07) is 17.1. The van der Waals surface area contributed by atoms with Crippen LogP contribution in [0, 0.1) is 28.7 Å². The van der Waals surface area contributed by atoms with Crippen LogP contribution in [0.4, 0.5) is 5.69 Å². The second kappa shape index (κ2) is 9.05. The first kappa shape index (κ1) is 20.8. The van der Waals surface area contributed by atoms with Gasteiger partial charge in [0.2, 0.25) is 0 Å². The van der Waals surface area contributed by atoms with E-state index in [4.69, 9.17) is 3.50 Å². The van der Waals surface area contributed by atoms with Gasteiger partial charge < -0.3 is 14.9 Å². The average Bonchev–Trinajstić information content (AvgIpc) is 2.43. The summed E-state index contributed by atoms with van der Waals surface area (Å²) < 4.78 is 7.31. The van der Waals surface area contributed by atoms with Crippen molar-refractivity contribution in [2.24, 2.45) is 3.50 Å². The fourth-order valence-corrected chi connectivity index (χ4v) is 4.17. The van der Waals surface area contributed by atoms with Crippen molar-refractivity contribution in [3.8, 4) is 0 Å². The molecule has 22 heavy (non-hydrogen) atoms. The molecule has 0 fully saturated rings. The molecule has 0 bridgehead atoms. The Morgan fingerprint density at radius 3 is 1.95 bits per heavy atom. The van der Waals surface area contributed by atoms with E-state index < -0.39 is 17.9 Å². The molecule has 0 aliphatic carbocycles. The van der Waals surface area contributed by atoms with Crippen LogP contribution < -0.4 is 0 Å². The molecule has 2 aromatic rings. The van der Waals surface area contributed by atoms with Gasteiger partial charge in [-0.1, -0.05) is 0 Å². The Labute approximate surface area is 144 Å². The van der Waals surface area contributed by atoms with Crippen LogP contribution in [0.25, 0.3) is 0 Å². The molecule has 0 N–H and O–H groups in total. The van der Waals surface area contributed by atoms with Crippen molar-refractivity contribution >= 4 is 10.1 Å². The molecule has 0 saturated heterocycles. The molecule has 0 saturated carbocycles. The third-order valence-corrected chi connectivity index (χ3v) is 5.86. The first-order valence-corrected chi connectivity index (χ1v) is 8.89. The fourth-order valence-electron chi connectivity index (χ4n) is 2.10. The third-order valence-electron chi connectivity index (χ3n) is 3.45. The van der Waals surface area contributed by atoms with Gasteiger partial charge in [0.05, 0.1) is 0 Å². The molecule has 1 nitrogen and oxygen atoms in total. The van der Waals surface area contributed by atoms with Crippen LogP contribution in [0.1, 0.15) is 30.5 Å². The van der Waals surface area contributed by atoms with E-state index in [2.05, 4.69) is 80.6 Å². The van der Waals surface area contributed by atoms with Crippen molar-refractivity contribution in [3.63, 3.8) is 0 Å². The van der Waals surface area contributed by atoms with E-state index >= 15 is 0 Å². The number of aryl methyl sites for hydroxylation is 2. The first-order valence-electron chi connectivity index (χ1n) is 6.84. The molecule has 0 atom stereocenters. The molecule has 0 heterocycles. The van der Waals surface area contributed by atoms with E-state index in [1.807, 2.05) is 0 Å². The Bertz CT molecular complexity index is 630. The molecule has 2 rings (SSSR count). The summed E-state index contributed by atoms with van der Waals surface area (Å²) in [7, 11) is 0. The van der Waals surface area contributed by atoms with Crippen LogP contribution in [0.5, 0.6) is 0 Å². The largest absolute Gasteiger partial charge is 0.358 e. The van der Waals surface area contributed by atoms with E-state index in [9.17, 15) is 0 Å². The van der Waals surface area contributed by atoms with Crippen LogP contribution in [0.3, 0.4) is 0 Å². The minimum absolute atomic E-state index is 0. The molecule has 0 spiro atoms. The van der Waals surface area contributed by atoms with Crippen molar-refractivity contribution in [1.82, 2.24) is 0 Å². The smallest absolute Gasteiger partial charge is 0.358 e. The van der Waals surface area contributed by atoms with E-state index in [0.29, 0.717) is 0 Å². The summed E-state index contributed by atoms with van der Waals surface area (Å²) in [6.07, 6.45) is 0. The predicted molar refractivity (Wildman–Crippen MR) is 96.4 cm³/mol. The SMILES string of the molecule is Cc1cccc(C)c1[N]=[Mo+2]=[CH]C(C)(C)c1ccccc1.[CH3-].[CH3-]. The zero-order valence-electron chi connectivity index (χ0n) is 14.6. The van der Waals surface area contributed by atoms with Crippen LogP contribution >= 0.6 is 0 Å². The van der Waals surface area contributed by atoms with Gasteiger partial charge in [-0.05, 0) is 0 Å². The summed E-state index contributed by atoms with van der Waals surface area (Å²) in [5.41, 5.74) is 5.21. The van der Waals surface area contributed by atoms with E-state index in [1.165, 1.54) is 22.4 Å². The summed E-state index contributed by atoms with van der Waals surface area (Å²) >= 11 is -0.493. The van der Waals surface area contributed by atoms with Gasteiger partial charge in [0.15, 0.2) is 0 Å². The maximum Gasteiger partial charge on any atom is -0.358 e. The maximum absolute atomic E-state index is 4.89. The second-order valence-electron chi connectivity index (χ2n) is 5.64. The van der Waals surface area contributed by atoms with Gasteiger partial charge in [0.1, 0.15) is 0 Å². The number of benzene rings is 2. The van der Waals surface area contributed by atoms with Gasteiger partial charge in [-0.25, -0.2) is 0 Å². The maximum atomic E-state index is 4.89. The van der Waals surface area contributed by atoms with E-state index in [0.717, 1.165) is 0 Å². The Kier molecular flexibility index (Phi) is 8.56. The number of hydrogen-bond acceptors (Lipinski definition) is 1. The van der Waals surface area contributed by atoms with Crippen molar-refractivity contribution < 1.29 is 17.9 Å². The number of hydrogen-bond donors (Lipinski definition) is 0. The van der Waals surface area contributed by atoms with Gasteiger partial charge in [0, 0.05) is 0 Å². The Hall–Kier alpha value is -1.20. The van der Waals surface area contributed by atoms with Crippen LogP contribution in [-0.4, -0.2) is 4.40 Å². The zero-order valence-corrected chi connectivity index (χ0v) is 16.6. The van der Waals surface area contributed by atoms with Gasteiger partial charge in [0.25, 0.3) is 0 Å². The van der Waals surface area contributed by atoms with Crippen molar-refractivity contribution in [3.05, 3.63) is 80.1 Å². The van der Waals surface area contributed by atoms with Crippen LogP contribution in [0.2, 0.25) is 0 Å². The van der Waals surface area contributed by atoms with Gasteiger partial charge in [-0.2, -0.15) is 0 Å². The first-order chi connectivity index (χ1) is 9.50. The number of nitrogens with zero attached hydrogens (tertiary/aromatic N) is 1. The van der Waals surface area contributed by atoms with Crippen molar-refractivity contribution in [1.29, 1.82) is 0 Å². The second-order valence-corrected chi connectivity index (χ2v) is 7.19. The van der Waals surface area contributed by atoms with Crippen LogP contribution in [-0.2, 0) is 23.3 Å². The summed E-state index contributed by atoms with van der Waals surface area (Å²) in [5.74, 6) is 0. The average molecular weight is 377 g/mol. The van der Waals surface area contributed by atoms with Crippen LogP contribution in [0.15, 0.2) is 52.0 Å². The molecule has 0 aromatic heterocycles.